The van der Waals surface area contributed by atoms with E-state index in [-0.39, 0.29) is 12.4 Å². The van der Waals surface area contributed by atoms with Crippen molar-refractivity contribution in [2.45, 2.75) is 20.3 Å². The summed E-state index contributed by atoms with van der Waals surface area (Å²) in [6, 6.07) is 1.85. The molecule has 0 spiro atoms. The number of ether oxygens (including phenoxy) is 1. The highest BCUT2D eigenvalue weighted by Gasteiger charge is 2.01. The predicted molar refractivity (Wildman–Crippen MR) is 40.6 cm³/mol. The maximum absolute atomic E-state index is 10.8. The molecule has 0 aromatic rings. The van der Waals surface area contributed by atoms with Gasteiger partial charge in [-0.2, -0.15) is 5.26 Å². The number of carbonyl (C=O) groups is 1. The van der Waals surface area contributed by atoms with Crippen LogP contribution in [0, 0.1) is 11.3 Å². The Morgan fingerprint density at radius 1 is 1.73 bits per heavy atom. The van der Waals surface area contributed by atoms with Gasteiger partial charge in [-0.1, -0.05) is 5.57 Å². The number of rotatable bonds is 3. The van der Waals surface area contributed by atoms with Crippen LogP contribution in [0.25, 0.3) is 0 Å². The van der Waals surface area contributed by atoms with E-state index in [4.69, 9.17) is 5.26 Å². The summed E-state index contributed by atoms with van der Waals surface area (Å²) in [6.07, 6.45) is 1.55. The van der Waals surface area contributed by atoms with Crippen molar-refractivity contribution in [1.29, 1.82) is 5.26 Å². The number of carbonyl (C=O) groups excluding carboxylic acids is 1. The summed E-state index contributed by atoms with van der Waals surface area (Å²) in [7, 11) is 0. The predicted octanol–water partition coefficient (Wildman–Crippen LogP) is 1.41. The highest BCUT2D eigenvalue weighted by Crippen LogP contribution is 2.00. The van der Waals surface area contributed by atoms with Crippen LogP contribution in [0.5, 0.6) is 0 Å². The van der Waals surface area contributed by atoms with E-state index in [0.29, 0.717) is 6.61 Å². The van der Waals surface area contributed by atoms with Crippen LogP contribution in [-0.2, 0) is 9.53 Å². The fraction of sp³-hybridized carbons (Fsp3) is 0.500. The zero-order valence-electron chi connectivity index (χ0n) is 6.76. The molecule has 0 aliphatic rings. The number of hydrogen-bond donors (Lipinski definition) is 0. The normalized spacial score (nSPS) is 10.5. The van der Waals surface area contributed by atoms with Crippen LogP contribution < -0.4 is 0 Å². The van der Waals surface area contributed by atoms with Gasteiger partial charge in [0.1, 0.15) is 0 Å². The Morgan fingerprint density at radius 3 is 2.82 bits per heavy atom. The molecule has 3 heteroatoms. The monoisotopic (exact) mass is 153 g/mol. The van der Waals surface area contributed by atoms with Gasteiger partial charge in [-0.25, -0.2) is 0 Å². The first-order valence-corrected chi connectivity index (χ1v) is 3.41. The van der Waals surface area contributed by atoms with Crippen LogP contribution in [0.1, 0.15) is 20.3 Å². The summed E-state index contributed by atoms with van der Waals surface area (Å²) in [5.74, 6) is -0.281. The van der Waals surface area contributed by atoms with E-state index in [1.54, 1.807) is 13.8 Å². The van der Waals surface area contributed by atoms with Gasteiger partial charge in [-0.15, -0.1) is 0 Å². The quantitative estimate of drug-likeness (QED) is 0.455. The zero-order valence-corrected chi connectivity index (χ0v) is 6.76. The van der Waals surface area contributed by atoms with Gasteiger partial charge in [-0.3, -0.25) is 4.79 Å². The van der Waals surface area contributed by atoms with Gasteiger partial charge in [0, 0.05) is 6.08 Å². The molecule has 0 aliphatic heterocycles. The van der Waals surface area contributed by atoms with Crippen molar-refractivity contribution in [1.82, 2.24) is 0 Å². The fourth-order valence-corrected chi connectivity index (χ4v) is 0.601. The molecule has 0 heterocycles. The largest absolute Gasteiger partial charge is 0.466 e. The Labute approximate surface area is 66.3 Å². The molecule has 11 heavy (non-hydrogen) atoms. The summed E-state index contributed by atoms with van der Waals surface area (Å²) >= 11 is 0. The minimum Gasteiger partial charge on any atom is -0.466 e. The van der Waals surface area contributed by atoms with Crippen molar-refractivity contribution in [3.05, 3.63) is 11.6 Å². The van der Waals surface area contributed by atoms with E-state index in [2.05, 4.69) is 4.74 Å². The van der Waals surface area contributed by atoms with Crippen LogP contribution in [-0.4, -0.2) is 12.6 Å². The van der Waals surface area contributed by atoms with E-state index in [1.807, 2.05) is 6.07 Å². The van der Waals surface area contributed by atoms with E-state index in [9.17, 15) is 4.79 Å². The average molecular weight is 153 g/mol. The van der Waals surface area contributed by atoms with Gasteiger partial charge in [0.05, 0.1) is 19.1 Å². The summed E-state index contributed by atoms with van der Waals surface area (Å²) in [5.41, 5.74) is 0.728. The van der Waals surface area contributed by atoms with Gasteiger partial charge in [0.15, 0.2) is 0 Å². The Bertz CT molecular complexity index is 201. The fourth-order valence-electron chi connectivity index (χ4n) is 0.601. The molecule has 0 rings (SSSR count). The second-order valence-electron chi connectivity index (χ2n) is 2.10. The molecule has 0 N–H and O–H groups in total. The summed E-state index contributed by atoms with van der Waals surface area (Å²) in [5, 5.41) is 8.20. The Balaban J connectivity index is 3.77. The smallest absolute Gasteiger partial charge is 0.309 e. The maximum Gasteiger partial charge on any atom is 0.309 e. The lowest BCUT2D eigenvalue weighted by Gasteiger charge is -1.99. The second-order valence-corrected chi connectivity index (χ2v) is 2.10. The Morgan fingerprint density at radius 2 is 2.36 bits per heavy atom. The Hall–Kier alpha value is -1.30. The van der Waals surface area contributed by atoms with Crippen molar-refractivity contribution in [2.75, 3.05) is 6.61 Å². The molecule has 0 aromatic heterocycles. The molecule has 3 nitrogen and oxygen atoms in total. The van der Waals surface area contributed by atoms with Crippen molar-refractivity contribution in [3.63, 3.8) is 0 Å². The minimum atomic E-state index is -0.281. The van der Waals surface area contributed by atoms with Crippen LogP contribution in [0.15, 0.2) is 11.6 Å². The molecule has 0 saturated carbocycles. The molecule has 0 amide bonds. The van der Waals surface area contributed by atoms with Gasteiger partial charge >= 0.3 is 5.97 Å². The molecule has 60 valence electrons. The molecule has 0 atom stereocenters. The zero-order chi connectivity index (χ0) is 8.69. The van der Waals surface area contributed by atoms with Crippen LogP contribution >= 0.6 is 0 Å². The van der Waals surface area contributed by atoms with E-state index in [0.717, 1.165) is 5.57 Å². The number of esters is 1. The lowest BCUT2D eigenvalue weighted by atomic mass is 10.2. The van der Waals surface area contributed by atoms with E-state index in [1.165, 1.54) is 6.08 Å². The van der Waals surface area contributed by atoms with Crippen molar-refractivity contribution >= 4 is 5.97 Å². The molecule has 0 aromatic carbocycles. The molecular formula is C8H11NO2. The highest BCUT2D eigenvalue weighted by atomic mass is 16.5. The number of hydrogen-bond acceptors (Lipinski definition) is 3. The first-order valence-electron chi connectivity index (χ1n) is 3.41. The van der Waals surface area contributed by atoms with Crippen LogP contribution in [0.3, 0.4) is 0 Å². The van der Waals surface area contributed by atoms with Crippen molar-refractivity contribution < 1.29 is 9.53 Å². The minimum absolute atomic E-state index is 0.210. The standard InChI is InChI=1S/C8H11NO2/c1-3-11-8(10)6-7(2)4-5-9/h4H,3,6H2,1-2H3/b7-4+. The summed E-state index contributed by atoms with van der Waals surface area (Å²) in [6.45, 7) is 3.86. The molecule has 0 aliphatic carbocycles. The van der Waals surface area contributed by atoms with Crippen molar-refractivity contribution in [2.24, 2.45) is 0 Å². The lowest BCUT2D eigenvalue weighted by molar-refractivity contribution is -0.142. The lowest BCUT2D eigenvalue weighted by Crippen LogP contribution is -2.03. The van der Waals surface area contributed by atoms with Crippen LogP contribution in [0.4, 0.5) is 0 Å². The number of nitrogens with zero attached hydrogens (tertiary/aromatic N) is 1. The van der Waals surface area contributed by atoms with Gasteiger partial charge in [-0.05, 0) is 13.8 Å². The third-order valence-corrected chi connectivity index (χ3v) is 1.04. The molecule has 0 fully saturated rings. The maximum atomic E-state index is 10.8. The Kier molecular flexibility index (Phi) is 4.83. The van der Waals surface area contributed by atoms with Crippen molar-refractivity contribution in [3.8, 4) is 6.07 Å². The summed E-state index contributed by atoms with van der Waals surface area (Å²) < 4.78 is 4.67. The average Bonchev–Trinajstić information content (AvgIpc) is 1.87. The van der Waals surface area contributed by atoms with Gasteiger partial charge in [0.2, 0.25) is 0 Å². The van der Waals surface area contributed by atoms with E-state index < -0.39 is 0 Å². The first kappa shape index (κ1) is 9.70. The topological polar surface area (TPSA) is 50.1 Å². The molecule has 0 saturated heterocycles. The third-order valence-electron chi connectivity index (χ3n) is 1.04. The number of nitriles is 1. The molecular weight excluding hydrogens is 142 g/mol. The summed E-state index contributed by atoms with van der Waals surface area (Å²) in [4.78, 5) is 10.8. The first-order chi connectivity index (χ1) is 5.20. The molecule has 0 radical (unpaired) electrons. The van der Waals surface area contributed by atoms with Gasteiger partial charge in [0.25, 0.3) is 0 Å². The molecule has 0 unspecified atom stereocenters. The van der Waals surface area contributed by atoms with Crippen LogP contribution in [0.2, 0.25) is 0 Å². The SMILES string of the molecule is CCOC(=O)C/C(C)=C/C#N. The highest BCUT2D eigenvalue weighted by molar-refractivity contribution is 5.72. The number of allylic oxidation sites excluding steroid dienone is 1. The van der Waals surface area contributed by atoms with E-state index >= 15 is 0 Å². The second kappa shape index (κ2) is 5.48. The van der Waals surface area contributed by atoms with Gasteiger partial charge < -0.3 is 4.74 Å². The third kappa shape index (κ3) is 5.16. The molecule has 0 bridgehead atoms.